The first-order valence-corrected chi connectivity index (χ1v) is 46.0. The molecular weight excluding hydrogens is 1870 g/mol. The number of rotatable bonds is 18. The molecule has 0 radical (unpaired) electrons. The number of allylic oxidation sites excluding steroid dienone is 7. The van der Waals surface area contributed by atoms with Crippen molar-refractivity contribution in [2.75, 3.05) is 48.8 Å². The Morgan fingerprint density at radius 1 is 0.385 bits per heavy atom. The van der Waals surface area contributed by atoms with Gasteiger partial charge >= 0.3 is 87.6 Å². The Hall–Kier alpha value is -16.0. The molecule has 143 heavy (non-hydrogen) atoms. The Labute approximate surface area is 830 Å². The van der Waals surface area contributed by atoms with Crippen molar-refractivity contribution >= 4 is 157 Å². The number of hydrogen-bond acceptors (Lipinski definition) is 30. The average Bonchev–Trinajstić information content (AvgIpc) is 1.60. The minimum absolute atomic E-state index is 0. The van der Waals surface area contributed by atoms with Crippen LogP contribution in [0.3, 0.4) is 0 Å². The highest BCUT2D eigenvalue weighted by molar-refractivity contribution is 7.07. The molecule has 0 aliphatic carbocycles. The summed E-state index contributed by atoms with van der Waals surface area (Å²) in [7, 11) is 0. The summed E-state index contributed by atoms with van der Waals surface area (Å²) in [5, 5.41) is 11.2. The molecule has 6 aromatic rings. The van der Waals surface area contributed by atoms with Crippen molar-refractivity contribution < 1.29 is 142 Å². The van der Waals surface area contributed by atoms with Crippen molar-refractivity contribution in [3.05, 3.63) is 324 Å². The first kappa shape index (κ1) is 103. The van der Waals surface area contributed by atoms with Gasteiger partial charge in [-0.05, 0) is 78.6 Å². The van der Waals surface area contributed by atoms with Crippen LogP contribution in [-0.4, -0.2) is 171 Å². The number of hydroxylamine groups is 1. The third-order valence-corrected chi connectivity index (χ3v) is 25.9. The van der Waals surface area contributed by atoms with Crippen LogP contribution in [0.25, 0.3) is 0 Å². The number of nitrogens with one attached hydrogen (secondary N) is 5. The lowest BCUT2D eigenvalue weighted by Crippen LogP contribution is -2.57. The Morgan fingerprint density at radius 3 is 1.08 bits per heavy atom. The molecular formula is C98H101B7ClN7O30. The number of fused-ring (bicyclic) bond motifs is 7. The van der Waals surface area contributed by atoms with Gasteiger partial charge in [0.15, 0.2) is 0 Å². The van der Waals surface area contributed by atoms with Gasteiger partial charge in [-0.2, -0.15) is 0 Å². The van der Waals surface area contributed by atoms with Crippen LogP contribution >= 0.6 is 11.6 Å². The fourth-order valence-electron chi connectivity index (χ4n) is 19.0. The predicted molar refractivity (Wildman–Crippen MR) is 527 cm³/mol. The highest BCUT2D eigenvalue weighted by Gasteiger charge is 2.75. The zero-order chi connectivity index (χ0) is 101. The quantitative estimate of drug-likeness (QED) is 0.0231. The number of benzene rings is 6. The molecule has 45 heteroatoms. The molecule has 15 heterocycles. The second-order valence-corrected chi connectivity index (χ2v) is 36.4. The summed E-state index contributed by atoms with van der Waals surface area (Å²) in [6, 6.07) is 50.2. The number of aryl methyl sites for hydroxylation is 2. The van der Waals surface area contributed by atoms with Gasteiger partial charge in [-0.25, -0.2) is 0 Å². The van der Waals surface area contributed by atoms with Crippen LogP contribution in [0, 0.1) is 66.9 Å². The maximum atomic E-state index is 13.5. The minimum atomic E-state index is -2.46. The zero-order valence-corrected chi connectivity index (χ0v) is 78.5. The van der Waals surface area contributed by atoms with Crippen molar-refractivity contribution in [2.24, 2.45) is 0 Å². The zero-order valence-electron chi connectivity index (χ0n) is 77.7. The van der Waals surface area contributed by atoms with Crippen LogP contribution in [0.4, 0.5) is 50.6 Å². The van der Waals surface area contributed by atoms with Gasteiger partial charge in [-0.15, -0.1) is 6.42 Å². The molecule has 0 bridgehead atoms. The first-order valence-electron chi connectivity index (χ1n) is 45.7. The topological polar surface area (TPSA) is 453 Å². The van der Waals surface area contributed by atoms with E-state index in [1.807, 2.05) is 135 Å². The van der Waals surface area contributed by atoms with Crippen LogP contribution in [-0.2, 0) is 128 Å². The third kappa shape index (κ3) is 22.3. The lowest BCUT2D eigenvalue weighted by atomic mass is 9.47. The monoisotopic (exact) mass is 1970 g/mol. The van der Waals surface area contributed by atoms with Gasteiger partial charge in [0.2, 0.25) is 40.6 Å². The number of anilines is 3. The SMILES string of the molecule is C.C#CCNC(=O)[B-]12OC(=C)C[C+]1CC(=O)O2.C=C1C[C+]2CC(=O)O[B-]2(C(=O)N(Cc2ccccc2)Cc2ccccc2)O1.C=C1C[C+]2CC(=O)O[B-]2(C(=O)N2CCOCC2)O1.C=C1C[C+]2CC(=O)O[B-]2(C(=O)NOCc2ccccc2)O1.C=C1C[C+]2CC(=O)O[B-]2(C(=O)Nc2ccc(C)cc2)O1.C=C1C[C+]2CC(=O)O[B-]2(C(=O)Nc2ccc(Cl)cc2)O1.C=C1C[C+]2CC(=O)O[B-]2(C(=O)Nc2ccccc2C)O1. The first-order chi connectivity index (χ1) is 67.9. The smallest absolute Gasteiger partial charge is 0.637 e. The van der Waals surface area contributed by atoms with Gasteiger partial charge in [-0.3, -0.25) is 43.9 Å². The fourth-order valence-corrected chi connectivity index (χ4v) is 19.2. The number of para-hydroxylation sites is 1. The molecule has 15 aliphatic rings. The van der Waals surface area contributed by atoms with Gasteiger partial charge in [-0.1, -0.05) is 198 Å². The standard InChI is InChI=1S/C21H20BNO4.C14H14BNO5.2C14H14BNO4.C13H11BClNO4.C11H14BNO5.C10H10BNO4.CH4/c1-16-12-19-13-20(24)27-22(19,26-16)21(25)23(14-17-8-4-2-5-9-17)15-18-10-6-3-7-11-18;1-10-7-12-8-13(17)21-15(12,20-10)14(18)16-19-9-11-5-3-2-4-6-11;1-9-3-5-12(6-4-9)16-14(18)15-11(7-10(2)19-15)8-13(17)20-15;1-9-5-3-4-6-12(9)16-14(18)15-11(7-10(2)19-15)8-13(17)20-15;1-8-6-9-7-12(17)20-14(9,19-8)13(18)16-11-4-2-10(15)3-5-11;1-8-6-9-7-10(14)18-12(9,17-8)11(15)13-2-4-16-5-3-13;1-3-4-12-10(14)11-8(5-7(2)15-11)6-9(13)16-11;/h2-11H,1,12-15H2;2-6H,1,7-9H2,(H,16,18);2*3-6H,2,7-8H2,1H3,(H,16,18);2-5H,1,6-7H2,(H,16,18);1-7H2;1H,2,4-6H2,(H,12,14);1H4. The lowest BCUT2D eigenvalue weighted by Gasteiger charge is -2.34. The summed E-state index contributed by atoms with van der Waals surface area (Å²) in [4.78, 5) is 176. The lowest BCUT2D eigenvalue weighted by molar-refractivity contribution is -0.134. The molecule has 0 saturated carbocycles. The molecule has 7 unspecified atom stereocenters. The van der Waals surface area contributed by atoms with E-state index in [0.29, 0.717) is 182 Å². The Bertz CT molecular complexity index is 5840. The molecule has 21 rings (SSSR count). The molecule has 6 aromatic carbocycles. The number of amides is 7. The van der Waals surface area contributed by atoms with E-state index in [1.165, 1.54) is 0 Å². The molecule has 15 fully saturated rings. The van der Waals surface area contributed by atoms with E-state index in [9.17, 15) is 67.1 Å². The van der Waals surface area contributed by atoms with Crippen molar-refractivity contribution in [1.82, 2.24) is 20.6 Å². The molecule has 15 aliphatic heterocycles. The van der Waals surface area contributed by atoms with Crippen LogP contribution in [0.2, 0.25) is 5.02 Å². The van der Waals surface area contributed by atoms with Crippen molar-refractivity contribution in [3.8, 4) is 12.3 Å². The van der Waals surface area contributed by atoms with Crippen LogP contribution in [0.5, 0.6) is 0 Å². The van der Waals surface area contributed by atoms with E-state index in [1.54, 1.807) is 52.3 Å². The number of nitrogens with zero attached hydrogens (tertiary/aromatic N) is 2. The third-order valence-electron chi connectivity index (χ3n) is 25.6. The van der Waals surface area contributed by atoms with Crippen LogP contribution in [0.15, 0.2) is 250 Å². The summed E-state index contributed by atoms with van der Waals surface area (Å²) in [5.74, 6) is 4.17. The summed E-state index contributed by atoms with van der Waals surface area (Å²) in [6.07, 6.45) is 8.70. The normalized spacial score (nSPS) is 24.4. The van der Waals surface area contributed by atoms with Crippen molar-refractivity contribution in [2.45, 2.75) is 131 Å². The van der Waals surface area contributed by atoms with E-state index in [2.05, 4.69) is 78.7 Å². The molecule has 37 nitrogen and oxygen atoms in total. The van der Waals surface area contributed by atoms with E-state index in [-0.39, 0.29) is 83.1 Å². The molecule has 0 spiro atoms. The van der Waals surface area contributed by atoms with Crippen molar-refractivity contribution in [1.29, 1.82) is 0 Å². The van der Waals surface area contributed by atoms with Crippen LogP contribution < -0.4 is 26.7 Å². The highest BCUT2D eigenvalue weighted by Crippen LogP contribution is 2.52. The molecule has 15 saturated heterocycles. The number of morpholine rings is 1. The van der Waals surface area contributed by atoms with Gasteiger partial charge in [0.25, 0.3) is 0 Å². The summed E-state index contributed by atoms with van der Waals surface area (Å²) in [6.45, 7) is 16.2. The summed E-state index contributed by atoms with van der Waals surface area (Å²) >= 11 is 5.78. The number of carbonyl (C=O) groups excluding carboxylic acids is 14. The Kier molecular flexibility index (Phi) is 30.9. The number of ether oxygens (including phenoxy) is 1. The van der Waals surface area contributed by atoms with Gasteiger partial charge in [0, 0.05) is 89.0 Å². The number of carbonyl (C=O) groups is 14. The molecule has 0 aromatic heterocycles. The second kappa shape index (κ2) is 43.0. The van der Waals surface area contributed by atoms with E-state index >= 15 is 0 Å². The van der Waals surface area contributed by atoms with E-state index < -0.39 is 111 Å². The molecule has 7 atom stereocenters. The fraction of sp³-hybridized carbons (Fsp3) is 0.255. The molecule has 736 valence electrons. The largest absolute Gasteiger partial charge is 0.643 e. The molecule has 7 amide bonds. The minimum Gasteiger partial charge on any atom is -0.637 e. The Morgan fingerprint density at radius 2 is 0.692 bits per heavy atom. The van der Waals surface area contributed by atoms with Crippen LogP contribution in [0.1, 0.15) is 125 Å². The van der Waals surface area contributed by atoms with E-state index in [4.69, 9.17) is 92.8 Å². The van der Waals surface area contributed by atoms with Gasteiger partial charge in [0.1, 0.15) is 89.9 Å². The van der Waals surface area contributed by atoms with E-state index in [0.717, 1.165) is 33.6 Å². The molecule has 5 N–H and O–H groups in total. The average molecular weight is 1970 g/mol. The summed E-state index contributed by atoms with van der Waals surface area (Å²) < 4.78 is 80.0. The second-order valence-electron chi connectivity index (χ2n) is 36.0. The number of halogens is 1. The highest BCUT2D eigenvalue weighted by atomic mass is 35.5. The van der Waals surface area contributed by atoms with Gasteiger partial charge in [0.05, 0.1) is 66.7 Å². The Balaban J connectivity index is 0.000000133. The predicted octanol–water partition coefficient (Wildman–Crippen LogP) is 15.1. The van der Waals surface area contributed by atoms with Crippen molar-refractivity contribution in [3.63, 3.8) is 0 Å². The van der Waals surface area contributed by atoms with Gasteiger partial charge < -0.3 is 135 Å². The summed E-state index contributed by atoms with van der Waals surface area (Å²) in [5.41, 5.74) is 9.10. The maximum absolute atomic E-state index is 13.5. The number of hydrogen-bond donors (Lipinski definition) is 5. The maximum Gasteiger partial charge on any atom is 0.643 e. The number of terminal acetylenes is 1.